The van der Waals surface area contributed by atoms with Gasteiger partial charge in [-0.3, -0.25) is 9.78 Å². The third-order valence-electron chi connectivity index (χ3n) is 4.09. The molecule has 8 heteroatoms. The topological polar surface area (TPSA) is 129 Å². The summed E-state index contributed by atoms with van der Waals surface area (Å²) in [5, 5.41) is 21.9. The molecule has 0 aliphatic heterocycles. The number of carboxylic acids is 2. The molecule has 0 spiro atoms. The van der Waals surface area contributed by atoms with Crippen molar-refractivity contribution >= 4 is 17.8 Å². The number of rotatable bonds is 11. The van der Waals surface area contributed by atoms with Crippen molar-refractivity contribution in [3.63, 3.8) is 0 Å². The minimum Gasteiger partial charge on any atom is -0.478 e. The van der Waals surface area contributed by atoms with Gasteiger partial charge in [0.1, 0.15) is 0 Å². The number of benzene rings is 1. The molecule has 0 fully saturated rings. The van der Waals surface area contributed by atoms with Crippen molar-refractivity contribution in [2.75, 3.05) is 13.1 Å². The molecule has 1 aromatic heterocycles. The van der Waals surface area contributed by atoms with Gasteiger partial charge in [-0.1, -0.05) is 43.7 Å². The van der Waals surface area contributed by atoms with E-state index in [2.05, 4.69) is 34.7 Å². The summed E-state index contributed by atoms with van der Waals surface area (Å²) in [4.78, 5) is 35.4. The van der Waals surface area contributed by atoms with Gasteiger partial charge in [-0.15, -0.1) is 0 Å². The SMILES string of the molecule is CCCCNCC(=O)NC(Cc1ccccc1)c1ccncc1.O=C(O)/C=C\C(=O)O. The first-order chi connectivity index (χ1) is 14.9. The highest BCUT2D eigenvalue weighted by Gasteiger charge is 2.15. The van der Waals surface area contributed by atoms with E-state index in [0.29, 0.717) is 18.7 Å². The maximum absolute atomic E-state index is 12.2. The first-order valence-electron chi connectivity index (χ1n) is 10.00. The molecule has 0 saturated carbocycles. The molecular weight excluding hydrogens is 398 g/mol. The lowest BCUT2D eigenvalue weighted by molar-refractivity contribution is -0.134. The van der Waals surface area contributed by atoms with Crippen molar-refractivity contribution in [1.29, 1.82) is 0 Å². The molecule has 1 atom stereocenters. The molecule has 0 saturated heterocycles. The lowest BCUT2D eigenvalue weighted by Gasteiger charge is -2.19. The Morgan fingerprint density at radius 2 is 1.61 bits per heavy atom. The van der Waals surface area contributed by atoms with E-state index in [1.54, 1.807) is 12.4 Å². The van der Waals surface area contributed by atoms with E-state index < -0.39 is 11.9 Å². The Kier molecular flexibility index (Phi) is 12.6. The van der Waals surface area contributed by atoms with Gasteiger partial charge in [-0.2, -0.15) is 0 Å². The van der Waals surface area contributed by atoms with Crippen molar-refractivity contribution < 1.29 is 24.6 Å². The van der Waals surface area contributed by atoms with Crippen LogP contribution in [0.2, 0.25) is 0 Å². The molecule has 4 N–H and O–H groups in total. The summed E-state index contributed by atoms with van der Waals surface area (Å²) in [6, 6.07) is 14.1. The Morgan fingerprint density at radius 1 is 1.00 bits per heavy atom. The molecule has 1 amide bonds. The third kappa shape index (κ3) is 12.6. The fourth-order valence-corrected chi connectivity index (χ4v) is 2.59. The van der Waals surface area contributed by atoms with Crippen LogP contribution in [0.3, 0.4) is 0 Å². The molecule has 2 rings (SSSR count). The van der Waals surface area contributed by atoms with Crippen molar-refractivity contribution in [2.24, 2.45) is 0 Å². The van der Waals surface area contributed by atoms with Gasteiger partial charge >= 0.3 is 11.9 Å². The van der Waals surface area contributed by atoms with E-state index >= 15 is 0 Å². The minimum absolute atomic E-state index is 0.0267. The normalized spacial score (nSPS) is 11.3. The summed E-state index contributed by atoms with van der Waals surface area (Å²) < 4.78 is 0. The molecule has 0 aliphatic rings. The Labute approximate surface area is 182 Å². The first kappa shape index (κ1) is 25.5. The van der Waals surface area contributed by atoms with Crippen LogP contribution in [-0.2, 0) is 20.8 Å². The van der Waals surface area contributed by atoms with E-state index in [1.807, 2.05) is 30.3 Å². The van der Waals surface area contributed by atoms with Gasteiger partial charge in [0.05, 0.1) is 12.6 Å². The Hall–Kier alpha value is -3.52. The second kappa shape index (κ2) is 15.3. The summed E-state index contributed by atoms with van der Waals surface area (Å²) in [5.41, 5.74) is 2.28. The highest BCUT2D eigenvalue weighted by atomic mass is 16.4. The number of pyridine rings is 1. The lowest BCUT2D eigenvalue weighted by Crippen LogP contribution is -2.37. The molecule has 0 radical (unpaired) electrons. The average molecular weight is 428 g/mol. The van der Waals surface area contributed by atoms with Crippen LogP contribution in [0.1, 0.15) is 36.9 Å². The van der Waals surface area contributed by atoms with Gasteiger partial charge in [-0.05, 0) is 42.6 Å². The highest BCUT2D eigenvalue weighted by Crippen LogP contribution is 2.17. The average Bonchev–Trinajstić information content (AvgIpc) is 2.77. The second-order valence-corrected chi connectivity index (χ2v) is 6.63. The van der Waals surface area contributed by atoms with Gasteiger partial charge < -0.3 is 20.8 Å². The van der Waals surface area contributed by atoms with Crippen LogP contribution >= 0.6 is 0 Å². The monoisotopic (exact) mass is 427 g/mol. The van der Waals surface area contributed by atoms with Gasteiger partial charge in [0.2, 0.25) is 5.91 Å². The predicted molar refractivity (Wildman–Crippen MR) is 117 cm³/mol. The van der Waals surface area contributed by atoms with Crippen molar-refractivity contribution in [2.45, 2.75) is 32.2 Å². The minimum atomic E-state index is -1.26. The maximum atomic E-state index is 12.2. The molecule has 0 aliphatic carbocycles. The van der Waals surface area contributed by atoms with Crippen LogP contribution in [0.25, 0.3) is 0 Å². The molecule has 2 aromatic rings. The van der Waals surface area contributed by atoms with E-state index in [1.165, 1.54) is 5.56 Å². The number of hydrogen-bond donors (Lipinski definition) is 4. The first-order valence-corrected chi connectivity index (χ1v) is 10.00. The molecule has 1 unspecified atom stereocenters. The molecule has 31 heavy (non-hydrogen) atoms. The van der Waals surface area contributed by atoms with Crippen molar-refractivity contribution in [1.82, 2.24) is 15.6 Å². The molecular formula is C23H29N3O5. The Balaban J connectivity index is 0.000000512. The van der Waals surface area contributed by atoms with Crippen LogP contribution in [0, 0.1) is 0 Å². The molecule has 1 heterocycles. The fraction of sp³-hybridized carbons (Fsp3) is 0.304. The summed E-state index contributed by atoms with van der Waals surface area (Å²) >= 11 is 0. The zero-order chi connectivity index (χ0) is 22.9. The Bertz CT molecular complexity index is 810. The quantitative estimate of drug-likeness (QED) is 0.320. The van der Waals surface area contributed by atoms with E-state index in [0.717, 1.165) is 31.4 Å². The number of hydrogen-bond acceptors (Lipinski definition) is 5. The number of aromatic nitrogens is 1. The third-order valence-corrected chi connectivity index (χ3v) is 4.09. The standard InChI is InChI=1S/C19H25N3O.C4H4O4/c1-2-3-11-21-15-19(23)22-18(17-9-12-20-13-10-17)14-16-7-5-4-6-8-16;5-3(6)1-2-4(7)8/h4-10,12-13,18,21H,2-3,11,14-15H2,1H3,(H,22,23);1-2H,(H,5,6)(H,7,8)/b;2-1-. The van der Waals surface area contributed by atoms with Crippen LogP contribution in [0.15, 0.2) is 67.0 Å². The summed E-state index contributed by atoms with van der Waals surface area (Å²) in [5.74, 6) is -2.49. The number of nitrogens with zero attached hydrogens (tertiary/aromatic N) is 1. The van der Waals surface area contributed by atoms with Crippen molar-refractivity contribution in [3.8, 4) is 0 Å². The number of carboxylic acid groups (broad SMARTS) is 2. The zero-order valence-electron chi connectivity index (χ0n) is 17.5. The maximum Gasteiger partial charge on any atom is 0.328 e. The van der Waals surface area contributed by atoms with Crippen LogP contribution in [-0.4, -0.2) is 46.1 Å². The van der Waals surface area contributed by atoms with E-state index in [-0.39, 0.29) is 11.9 Å². The number of amides is 1. The number of carbonyl (C=O) groups excluding carboxylic acids is 1. The van der Waals surface area contributed by atoms with E-state index in [9.17, 15) is 14.4 Å². The number of nitrogens with one attached hydrogen (secondary N) is 2. The van der Waals surface area contributed by atoms with Gasteiger partial charge in [0, 0.05) is 24.5 Å². The van der Waals surface area contributed by atoms with Crippen LogP contribution in [0.5, 0.6) is 0 Å². The fourth-order valence-electron chi connectivity index (χ4n) is 2.59. The number of unbranched alkanes of at least 4 members (excludes halogenated alkanes) is 1. The molecule has 0 bridgehead atoms. The summed E-state index contributed by atoms with van der Waals surface area (Å²) in [7, 11) is 0. The predicted octanol–water partition coefficient (Wildman–Crippen LogP) is 2.58. The summed E-state index contributed by atoms with van der Waals surface area (Å²) in [6.45, 7) is 3.37. The smallest absolute Gasteiger partial charge is 0.328 e. The second-order valence-electron chi connectivity index (χ2n) is 6.63. The largest absolute Gasteiger partial charge is 0.478 e. The van der Waals surface area contributed by atoms with Crippen LogP contribution < -0.4 is 10.6 Å². The highest BCUT2D eigenvalue weighted by molar-refractivity contribution is 5.89. The molecule has 166 valence electrons. The van der Waals surface area contributed by atoms with E-state index in [4.69, 9.17) is 10.2 Å². The van der Waals surface area contributed by atoms with Gasteiger partial charge in [0.15, 0.2) is 0 Å². The molecule has 8 nitrogen and oxygen atoms in total. The number of aliphatic carboxylic acids is 2. The lowest BCUT2D eigenvalue weighted by atomic mass is 9.99. The number of carbonyl (C=O) groups is 3. The molecule has 1 aromatic carbocycles. The van der Waals surface area contributed by atoms with Gasteiger partial charge in [0.25, 0.3) is 0 Å². The zero-order valence-corrected chi connectivity index (χ0v) is 17.5. The van der Waals surface area contributed by atoms with Crippen molar-refractivity contribution in [3.05, 3.63) is 78.1 Å². The van der Waals surface area contributed by atoms with Gasteiger partial charge in [-0.25, -0.2) is 9.59 Å². The summed E-state index contributed by atoms with van der Waals surface area (Å²) in [6.07, 6.45) is 7.63. The van der Waals surface area contributed by atoms with Crippen LogP contribution in [0.4, 0.5) is 0 Å². The Morgan fingerprint density at radius 3 is 2.16 bits per heavy atom.